The molecule has 21 heavy (non-hydrogen) atoms. The van der Waals surface area contributed by atoms with E-state index >= 15 is 0 Å². The molecule has 1 aromatic heterocycles. The van der Waals surface area contributed by atoms with Gasteiger partial charge in [-0.25, -0.2) is 4.98 Å². The molecule has 0 unspecified atom stereocenters. The second kappa shape index (κ2) is 6.41. The Morgan fingerprint density at radius 1 is 1.33 bits per heavy atom. The number of pyridine rings is 1. The smallest absolute Gasteiger partial charge is 0.136 e. The fraction of sp³-hybridized carbons (Fsp3) is 0.471. The quantitative estimate of drug-likeness (QED) is 0.794. The standard InChI is InChI=1S/C17H23N3O/c1-20(8-9-21-12-13-6-7-13)17-16-5-3-2-4-14(16)10-15(11-18)19-17/h2-5,10,13H,6-9,11-12,18H2,1H3. The minimum Gasteiger partial charge on any atom is -0.379 e. The van der Waals surface area contributed by atoms with Gasteiger partial charge in [0.2, 0.25) is 0 Å². The van der Waals surface area contributed by atoms with Gasteiger partial charge < -0.3 is 15.4 Å². The van der Waals surface area contributed by atoms with Gasteiger partial charge in [-0.15, -0.1) is 0 Å². The molecule has 1 aliphatic carbocycles. The van der Waals surface area contributed by atoms with E-state index in [4.69, 9.17) is 15.5 Å². The summed E-state index contributed by atoms with van der Waals surface area (Å²) in [5, 5.41) is 2.35. The van der Waals surface area contributed by atoms with E-state index in [1.807, 2.05) is 12.1 Å². The first-order valence-electron chi connectivity index (χ1n) is 7.65. The Morgan fingerprint density at radius 2 is 2.14 bits per heavy atom. The molecule has 1 saturated carbocycles. The molecule has 0 amide bonds. The molecule has 1 aromatic carbocycles. The fourth-order valence-corrected chi connectivity index (χ4v) is 2.47. The van der Waals surface area contributed by atoms with E-state index < -0.39 is 0 Å². The predicted octanol–water partition coefficient (Wildman–Crippen LogP) is 2.56. The van der Waals surface area contributed by atoms with E-state index in [1.165, 1.54) is 23.6 Å². The molecule has 0 saturated heterocycles. The molecule has 3 rings (SSSR count). The molecule has 1 aliphatic rings. The first-order valence-corrected chi connectivity index (χ1v) is 7.65. The molecular formula is C17H23N3O. The van der Waals surface area contributed by atoms with Crippen LogP contribution >= 0.6 is 0 Å². The van der Waals surface area contributed by atoms with Crippen molar-refractivity contribution in [1.29, 1.82) is 0 Å². The van der Waals surface area contributed by atoms with Crippen LogP contribution in [-0.2, 0) is 11.3 Å². The maximum absolute atomic E-state index is 5.77. The van der Waals surface area contributed by atoms with Crippen LogP contribution in [0.25, 0.3) is 10.8 Å². The van der Waals surface area contributed by atoms with Crippen LogP contribution in [0.1, 0.15) is 18.5 Å². The molecule has 2 aromatic rings. The number of anilines is 1. The van der Waals surface area contributed by atoms with Gasteiger partial charge in [0, 0.05) is 32.1 Å². The van der Waals surface area contributed by atoms with Crippen LogP contribution in [0, 0.1) is 5.92 Å². The molecule has 0 radical (unpaired) electrons. The number of likely N-dealkylation sites (N-methyl/N-ethyl adjacent to an activating group) is 1. The van der Waals surface area contributed by atoms with Crippen molar-refractivity contribution in [1.82, 2.24) is 4.98 Å². The number of ether oxygens (including phenoxy) is 1. The maximum Gasteiger partial charge on any atom is 0.136 e. The van der Waals surface area contributed by atoms with Gasteiger partial charge in [0.15, 0.2) is 0 Å². The molecule has 1 fully saturated rings. The zero-order valence-corrected chi connectivity index (χ0v) is 12.6. The van der Waals surface area contributed by atoms with Gasteiger partial charge in [-0.1, -0.05) is 24.3 Å². The second-order valence-corrected chi connectivity index (χ2v) is 5.80. The Kier molecular flexibility index (Phi) is 4.36. The third kappa shape index (κ3) is 3.52. The lowest BCUT2D eigenvalue weighted by molar-refractivity contribution is 0.131. The average molecular weight is 285 g/mol. The van der Waals surface area contributed by atoms with Crippen molar-refractivity contribution in [3.05, 3.63) is 36.0 Å². The Labute approximate surface area is 125 Å². The van der Waals surface area contributed by atoms with Crippen LogP contribution < -0.4 is 10.6 Å². The summed E-state index contributed by atoms with van der Waals surface area (Å²) >= 11 is 0. The van der Waals surface area contributed by atoms with Crippen LogP contribution in [0.2, 0.25) is 0 Å². The van der Waals surface area contributed by atoms with Gasteiger partial charge in [0.1, 0.15) is 5.82 Å². The lowest BCUT2D eigenvalue weighted by Crippen LogP contribution is -2.24. The van der Waals surface area contributed by atoms with Crippen molar-refractivity contribution >= 4 is 16.6 Å². The number of nitrogens with two attached hydrogens (primary N) is 1. The van der Waals surface area contributed by atoms with Gasteiger partial charge in [-0.3, -0.25) is 0 Å². The van der Waals surface area contributed by atoms with E-state index in [1.54, 1.807) is 0 Å². The third-order valence-electron chi connectivity index (χ3n) is 3.97. The number of fused-ring (bicyclic) bond motifs is 1. The number of benzene rings is 1. The highest BCUT2D eigenvalue weighted by molar-refractivity contribution is 5.92. The van der Waals surface area contributed by atoms with E-state index in [2.05, 4.69) is 30.1 Å². The molecule has 0 bridgehead atoms. The SMILES string of the molecule is CN(CCOCC1CC1)c1nc(CN)cc2ccccc12. The Bertz CT molecular complexity index is 610. The summed E-state index contributed by atoms with van der Waals surface area (Å²) in [5.41, 5.74) is 6.69. The van der Waals surface area contributed by atoms with Crippen molar-refractivity contribution in [3.63, 3.8) is 0 Å². The van der Waals surface area contributed by atoms with Crippen molar-refractivity contribution < 1.29 is 4.74 Å². The molecule has 1 heterocycles. The number of hydrogen-bond donors (Lipinski definition) is 1. The fourth-order valence-electron chi connectivity index (χ4n) is 2.47. The van der Waals surface area contributed by atoms with Crippen molar-refractivity contribution in [2.45, 2.75) is 19.4 Å². The first-order chi connectivity index (χ1) is 10.3. The highest BCUT2D eigenvalue weighted by atomic mass is 16.5. The molecule has 0 atom stereocenters. The largest absolute Gasteiger partial charge is 0.379 e. The third-order valence-corrected chi connectivity index (χ3v) is 3.97. The Balaban J connectivity index is 1.73. The van der Waals surface area contributed by atoms with Crippen molar-refractivity contribution in [3.8, 4) is 0 Å². The van der Waals surface area contributed by atoms with Crippen molar-refractivity contribution in [2.75, 3.05) is 31.7 Å². The van der Waals surface area contributed by atoms with E-state index in [9.17, 15) is 0 Å². The van der Waals surface area contributed by atoms with Gasteiger partial charge in [-0.05, 0) is 30.2 Å². The molecule has 4 heteroatoms. The van der Waals surface area contributed by atoms with Crippen LogP contribution in [0.5, 0.6) is 0 Å². The van der Waals surface area contributed by atoms with Crippen LogP contribution in [0.15, 0.2) is 30.3 Å². The Hall–Kier alpha value is -1.65. The van der Waals surface area contributed by atoms with Gasteiger partial charge in [0.25, 0.3) is 0 Å². The molecule has 0 aliphatic heterocycles. The minimum absolute atomic E-state index is 0.462. The molecular weight excluding hydrogens is 262 g/mol. The summed E-state index contributed by atoms with van der Waals surface area (Å²) in [4.78, 5) is 6.85. The van der Waals surface area contributed by atoms with Crippen LogP contribution in [0.3, 0.4) is 0 Å². The summed E-state index contributed by atoms with van der Waals surface area (Å²) in [5.74, 6) is 1.80. The predicted molar refractivity (Wildman–Crippen MR) is 86.4 cm³/mol. The summed E-state index contributed by atoms with van der Waals surface area (Å²) in [6.07, 6.45) is 2.67. The number of aromatic nitrogens is 1. The first kappa shape index (κ1) is 14.3. The number of rotatable bonds is 7. The van der Waals surface area contributed by atoms with Gasteiger partial charge in [0.05, 0.1) is 12.3 Å². The summed E-state index contributed by atoms with van der Waals surface area (Å²) in [6.45, 7) is 2.96. The zero-order valence-electron chi connectivity index (χ0n) is 12.6. The molecule has 0 spiro atoms. The van der Waals surface area contributed by atoms with Crippen molar-refractivity contribution in [2.24, 2.45) is 11.7 Å². The maximum atomic E-state index is 5.77. The normalized spacial score (nSPS) is 14.6. The second-order valence-electron chi connectivity index (χ2n) is 5.80. The summed E-state index contributed by atoms with van der Waals surface area (Å²) in [6, 6.07) is 10.4. The molecule has 112 valence electrons. The highest BCUT2D eigenvalue weighted by Gasteiger charge is 2.21. The molecule has 4 nitrogen and oxygen atoms in total. The Morgan fingerprint density at radius 3 is 2.90 bits per heavy atom. The summed E-state index contributed by atoms with van der Waals surface area (Å²) in [7, 11) is 2.07. The lowest BCUT2D eigenvalue weighted by Gasteiger charge is -2.21. The number of hydrogen-bond acceptors (Lipinski definition) is 4. The van der Waals surface area contributed by atoms with Crippen LogP contribution in [0.4, 0.5) is 5.82 Å². The monoisotopic (exact) mass is 285 g/mol. The highest BCUT2D eigenvalue weighted by Crippen LogP contribution is 2.29. The minimum atomic E-state index is 0.462. The summed E-state index contributed by atoms with van der Waals surface area (Å²) < 4.78 is 5.72. The van der Waals surface area contributed by atoms with Crippen LogP contribution in [-0.4, -0.2) is 31.8 Å². The topological polar surface area (TPSA) is 51.4 Å². The van der Waals surface area contributed by atoms with Gasteiger partial charge >= 0.3 is 0 Å². The average Bonchev–Trinajstić information content (AvgIpc) is 3.34. The van der Waals surface area contributed by atoms with E-state index in [0.29, 0.717) is 6.54 Å². The lowest BCUT2D eigenvalue weighted by atomic mass is 10.1. The zero-order chi connectivity index (χ0) is 14.7. The molecule has 2 N–H and O–H groups in total. The number of nitrogens with zero attached hydrogens (tertiary/aromatic N) is 2. The van der Waals surface area contributed by atoms with Gasteiger partial charge in [-0.2, -0.15) is 0 Å². The van der Waals surface area contributed by atoms with E-state index in [-0.39, 0.29) is 0 Å². The van der Waals surface area contributed by atoms with E-state index in [0.717, 1.165) is 37.2 Å².